The van der Waals surface area contributed by atoms with Crippen LogP contribution in [0.5, 0.6) is 0 Å². The highest BCUT2D eigenvalue weighted by atomic mass is 35.5. The molecule has 27 heavy (non-hydrogen) atoms. The molecule has 0 saturated carbocycles. The topological polar surface area (TPSA) is 34.1 Å². The predicted molar refractivity (Wildman–Crippen MR) is 121 cm³/mol. The molecule has 0 spiro atoms. The van der Waals surface area contributed by atoms with Crippen LogP contribution in [0.4, 0.5) is 0 Å². The fraction of sp³-hybridized carbons (Fsp3) is 0.762. The van der Waals surface area contributed by atoms with Crippen LogP contribution in [0.1, 0.15) is 72.5 Å². The molecule has 1 aromatic rings. The van der Waals surface area contributed by atoms with Crippen molar-refractivity contribution >= 4 is 31.5 Å². The Kier molecular flexibility index (Phi) is 10.9. The molecule has 1 unspecified atom stereocenters. The molecule has 3 nitrogen and oxygen atoms in total. The largest absolute Gasteiger partial charge is 0.409 e. The molecule has 6 heteroatoms. The third-order valence-corrected chi connectivity index (χ3v) is 11.9. The molecule has 1 heterocycles. The lowest BCUT2D eigenvalue weighted by molar-refractivity contribution is 0.169. The van der Waals surface area contributed by atoms with Gasteiger partial charge >= 0.3 is 0 Å². The molecule has 0 aromatic carbocycles. The van der Waals surface area contributed by atoms with Crippen LogP contribution in [-0.2, 0) is 4.43 Å². The SMILES string of the molecule is CCC(CC)(CC)CNCC(O[Si](CC)(CC)CC)c1c(Cl)cncc1Cl. The van der Waals surface area contributed by atoms with E-state index in [1.807, 2.05) is 0 Å². The average Bonchev–Trinajstić information content (AvgIpc) is 2.69. The Hall–Kier alpha value is -0.133. The van der Waals surface area contributed by atoms with Crippen LogP contribution in [0.3, 0.4) is 0 Å². The Morgan fingerprint density at radius 2 is 1.44 bits per heavy atom. The van der Waals surface area contributed by atoms with Gasteiger partial charge in [0.2, 0.25) is 0 Å². The molecule has 156 valence electrons. The fourth-order valence-corrected chi connectivity index (χ4v) is 7.24. The van der Waals surface area contributed by atoms with E-state index in [2.05, 4.69) is 51.8 Å². The number of hydrogen-bond donors (Lipinski definition) is 1. The van der Waals surface area contributed by atoms with E-state index in [9.17, 15) is 0 Å². The third kappa shape index (κ3) is 6.43. The molecular formula is C21H38Cl2N2OSi. The Bertz CT molecular complexity index is 526. The van der Waals surface area contributed by atoms with Crippen LogP contribution in [0.2, 0.25) is 28.2 Å². The maximum Gasteiger partial charge on any atom is 0.192 e. The van der Waals surface area contributed by atoms with E-state index in [0.717, 1.165) is 36.8 Å². The molecule has 0 amide bonds. The monoisotopic (exact) mass is 432 g/mol. The van der Waals surface area contributed by atoms with Gasteiger partial charge in [-0.2, -0.15) is 0 Å². The van der Waals surface area contributed by atoms with E-state index in [1.54, 1.807) is 12.4 Å². The number of aromatic nitrogens is 1. The summed E-state index contributed by atoms with van der Waals surface area (Å²) < 4.78 is 6.83. The second-order valence-corrected chi connectivity index (χ2v) is 13.1. The van der Waals surface area contributed by atoms with E-state index in [-0.39, 0.29) is 6.10 Å². The smallest absolute Gasteiger partial charge is 0.192 e. The molecular weight excluding hydrogens is 395 g/mol. The van der Waals surface area contributed by atoms with Gasteiger partial charge in [0.25, 0.3) is 0 Å². The number of rotatable bonds is 13. The highest BCUT2D eigenvalue weighted by molar-refractivity contribution is 6.73. The summed E-state index contributed by atoms with van der Waals surface area (Å²) in [6, 6.07) is 3.29. The van der Waals surface area contributed by atoms with E-state index in [4.69, 9.17) is 27.6 Å². The van der Waals surface area contributed by atoms with E-state index in [1.165, 1.54) is 19.3 Å². The maximum atomic E-state index is 6.83. The summed E-state index contributed by atoms with van der Waals surface area (Å²) in [7, 11) is -1.81. The summed E-state index contributed by atoms with van der Waals surface area (Å²) >= 11 is 13.0. The zero-order valence-electron chi connectivity index (χ0n) is 18.0. The van der Waals surface area contributed by atoms with Crippen LogP contribution in [0.25, 0.3) is 0 Å². The molecule has 0 radical (unpaired) electrons. The van der Waals surface area contributed by atoms with Crippen LogP contribution in [0.15, 0.2) is 12.4 Å². The number of nitrogens with one attached hydrogen (secondary N) is 1. The number of halogens is 2. The molecule has 0 bridgehead atoms. The molecule has 0 fully saturated rings. The summed E-state index contributed by atoms with van der Waals surface area (Å²) in [6.45, 7) is 15.3. The highest BCUT2D eigenvalue weighted by Crippen LogP contribution is 2.36. The predicted octanol–water partition coefficient (Wildman–Crippen LogP) is 7.26. The quantitative estimate of drug-likeness (QED) is 0.333. The van der Waals surface area contributed by atoms with Gasteiger partial charge in [-0.15, -0.1) is 0 Å². The van der Waals surface area contributed by atoms with Gasteiger partial charge in [-0.1, -0.05) is 64.7 Å². The first-order valence-electron chi connectivity index (χ1n) is 10.5. The first kappa shape index (κ1) is 24.9. The van der Waals surface area contributed by atoms with Gasteiger partial charge in [0.1, 0.15) is 0 Å². The molecule has 0 aliphatic heterocycles. The molecule has 0 aliphatic carbocycles. The lowest BCUT2D eigenvalue weighted by atomic mass is 9.80. The Balaban J connectivity index is 3.08. The fourth-order valence-electron chi connectivity index (χ4n) is 3.83. The first-order valence-corrected chi connectivity index (χ1v) is 13.8. The number of nitrogens with zero attached hydrogens (tertiary/aromatic N) is 1. The molecule has 0 saturated heterocycles. The molecule has 1 aromatic heterocycles. The van der Waals surface area contributed by atoms with Crippen molar-refractivity contribution in [3.8, 4) is 0 Å². The van der Waals surface area contributed by atoms with Crippen LogP contribution in [0, 0.1) is 5.41 Å². The van der Waals surface area contributed by atoms with E-state index >= 15 is 0 Å². The zero-order valence-corrected chi connectivity index (χ0v) is 20.5. The van der Waals surface area contributed by atoms with Crippen molar-refractivity contribution in [2.24, 2.45) is 5.41 Å². The Morgan fingerprint density at radius 1 is 0.963 bits per heavy atom. The lowest BCUT2D eigenvalue weighted by Crippen LogP contribution is -2.41. The van der Waals surface area contributed by atoms with Crippen molar-refractivity contribution < 1.29 is 4.43 Å². The maximum absolute atomic E-state index is 6.83. The van der Waals surface area contributed by atoms with Crippen molar-refractivity contribution in [3.05, 3.63) is 28.0 Å². The van der Waals surface area contributed by atoms with Gasteiger partial charge in [-0.3, -0.25) is 4.98 Å². The van der Waals surface area contributed by atoms with Crippen LogP contribution < -0.4 is 5.32 Å². The number of pyridine rings is 1. The van der Waals surface area contributed by atoms with Gasteiger partial charge < -0.3 is 9.74 Å². The Morgan fingerprint density at radius 3 is 1.85 bits per heavy atom. The Labute approximate surface area is 177 Å². The summed E-state index contributed by atoms with van der Waals surface area (Å²) in [5.74, 6) is 0. The molecule has 1 atom stereocenters. The second-order valence-electron chi connectivity index (χ2n) is 7.56. The minimum atomic E-state index is -1.81. The average molecular weight is 434 g/mol. The van der Waals surface area contributed by atoms with Crippen molar-refractivity contribution in [2.75, 3.05) is 13.1 Å². The van der Waals surface area contributed by atoms with E-state index in [0.29, 0.717) is 15.5 Å². The van der Waals surface area contributed by atoms with Crippen molar-refractivity contribution in [1.82, 2.24) is 10.3 Å². The van der Waals surface area contributed by atoms with E-state index < -0.39 is 8.32 Å². The normalized spacial score (nSPS) is 13.8. The zero-order chi connectivity index (χ0) is 20.5. The number of hydrogen-bond acceptors (Lipinski definition) is 3. The highest BCUT2D eigenvalue weighted by Gasteiger charge is 2.34. The lowest BCUT2D eigenvalue weighted by Gasteiger charge is -2.36. The second kappa shape index (κ2) is 11.8. The van der Waals surface area contributed by atoms with Gasteiger partial charge in [-0.25, -0.2) is 0 Å². The van der Waals surface area contributed by atoms with Crippen molar-refractivity contribution in [1.29, 1.82) is 0 Å². The van der Waals surface area contributed by atoms with Gasteiger partial charge in [0, 0.05) is 31.0 Å². The molecule has 0 aliphatic rings. The van der Waals surface area contributed by atoms with Crippen molar-refractivity contribution in [2.45, 2.75) is 85.0 Å². The minimum absolute atomic E-state index is 0.136. The summed E-state index contributed by atoms with van der Waals surface area (Å²) in [5, 5.41) is 4.87. The van der Waals surface area contributed by atoms with Gasteiger partial charge in [0.05, 0.1) is 16.1 Å². The summed E-state index contributed by atoms with van der Waals surface area (Å²) in [4.78, 5) is 4.11. The van der Waals surface area contributed by atoms with Crippen LogP contribution in [-0.4, -0.2) is 26.4 Å². The van der Waals surface area contributed by atoms with Gasteiger partial charge in [-0.05, 0) is 42.8 Å². The third-order valence-electron chi connectivity index (χ3n) is 6.62. The van der Waals surface area contributed by atoms with Crippen LogP contribution >= 0.6 is 23.2 Å². The van der Waals surface area contributed by atoms with Crippen molar-refractivity contribution in [3.63, 3.8) is 0 Å². The first-order chi connectivity index (χ1) is 12.9. The summed E-state index contributed by atoms with van der Waals surface area (Å²) in [5.41, 5.74) is 1.22. The standard InChI is InChI=1S/C21H38Cl2N2OSi/c1-7-21(8-2,9-3)16-25-15-19(26-27(10-4,11-5)12-6)20-17(22)13-24-14-18(20)23/h13-14,19,25H,7-12,15-16H2,1-6H3. The molecule has 1 N–H and O–H groups in total. The molecule has 1 rings (SSSR count). The van der Waals surface area contributed by atoms with Gasteiger partial charge in [0.15, 0.2) is 8.32 Å². The summed E-state index contributed by atoms with van der Waals surface area (Å²) in [6.07, 6.45) is 6.72. The minimum Gasteiger partial charge on any atom is -0.409 e.